The number of ether oxygens (including phenoxy) is 4. The summed E-state index contributed by atoms with van der Waals surface area (Å²) in [4.78, 5) is 51.4. The molecule has 1 rings (SSSR count). The van der Waals surface area contributed by atoms with E-state index in [1.807, 2.05) is 0 Å². The van der Waals surface area contributed by atoms with Crippen LogP contribution < -0.4 is 0 Å². The second-order valence-corrected chi connectivity index (χ2v) is 8.02. The van der Waals surface area contributed by atoms with Gasteiger partial charge in [-0.2, -0.15) is 0 Å². The molecule has 0 radical (unpaired) electrons. The third-order valence-corrected chi connectivity index (χ3v) is 3.33. The number of amides is 2. The summed E-state index contributed by atoms with van der Waals surface area (Å²) < 4.78 is 20.0. The second-order valence-electron chi connectivity index (χ2n) is 8.02. The summed E-state index contributed by atoms with van der Waals surface area (Å²) in [6.07, 6.45) is -0.732. The summed E-state index contributed by atoms with van der Waals surface area (Å²) in [5, 5.41) is 0. The highest BCUT2D eigenvalue weighted by Crippen LogP contribution is 2.24. The van der Waals surface area contributed by atoms with Crippen LogP contribution >= 0.6 is 0 Å². The molecule has 0 fully saturated rings. The van der Waals surface area contributed by atoms with Gasteiger partial charge < -0.3 is 18.9 Å². The predicted octanol–water partition coefficient (Wildman–Crippen LogP) is 2.03. The number of esters is 2. The maximum atomic E-state index is 12.6. The minimum Gasteiger partial charge on any atom is -0.467 e. The van der Waals surface area contributed by atoms with E-state index in [9.17, 15) is 19.2 Å². The first kappa shape index (κ1) is 23.3. The van der Waals surface area contributed by atoms with Gasteiger partial charge in [-0.1, -0.05) is 0 Å². The van der Waals surface area contributed by atoms with Gasteiger partial charge in [0.1, 0.15) is 16.9 Å². The average molecular weight is 400 g/mol. The Balaban J connectivity index is 3.40. The van der Waals surface area contributed by atoms with Gasteiger partial charge in [-0.25, -0.2) is 19.2 Å². The van der Waals surface area contributed by atoms with Crippen molar-refractivity contribution in [2.45, 2.75) is 58.8 Å². The SMILES string of the molecule is COC(=O)C1=CN(C(=O)OC(C)(C)C)C(C(=O)OC)CN1C(=O)OC(C)(C)C. The first-order chi connectivity index (χ1) is 12.7. The number of carbonyl (C=O) groups is 4. The quantitative estimate of drug-likeness (QED) is 0.511. The number of hydrogen-bond acceptors (Lipinski definition) is 8. The monoisotopic (exact) mass is 400 g/mol. The van der Waals surface area contributed by atoms with Crippen LogP contribution in [0, 0.1) is 0 Å². The third-order valence-electron chi connectivity index (χ3n) is 3.33. The van der Waals surface area contributed by atoms with E-state index in [0.29, 0.717) is 0 Å². The topological polar surface area (TPSA) is 112 Å². The molecule has 10 nitrogen and oxygen atoms in total. The molecule has 158 valence electrons. The van der Waals surface area contributed by atoms with Crippen molar-refractivity contribution in [2.24, 2.45) is 0 Å². The molecule has 0 N–H and O–H groups in total. The first-order valence-corrected chi connectivity index (χ1v) is 8.60. The van der Waals surface area contributed by atoms with Gasteiger partial charge in [0.25, 0.3) is 0 Å². The Labute approximate surface area is 164 Å². The molecule has 0 aromatic heterocycles. The molecule has 1 heterocycles. The van der Waals surface area contributed by atoms with Gasteiger partial charge in [0.15, 0.2) is 6.04 Å². The molecular formula is C18H28N2O8. The van der Waals surface area contributed by atoms with E-state index in [-0.39, 0.29) is 12.2 Å². The fraction of sp³-hybridized carbons (Fsp3) is 0.667. The van der Waals surface area contributed by atoms with Crippen molar-refractivity contribution in [3.8, 4) is 0 Å². The molecule has 2 amide bonds. The van der Waals surface area contributed by atoms with Crippen molar-refractivity contribution in [3.63, 3.8) is 0 Å². The van der Waals surface area contributed by atoms with E-state index < -0.39 is 41.4 Å². The molecule has 0 bridgehead atoms. The molecule has 0 aromatic rings. The summed E-state index contributed by atoms with van der Waals surface area (Å²) in [6.45, 7) is 9.55. The zero-order chi connectivity index (χ0) is 21.9. The second kappa shape index (κ2) is 8.49. The molecule has 10 heteroatoms. The Kier molecular flexibility index (Phi) is 7.05. The van der Waals surface area contributed by atoms with Gasteiger partial charge in [0, 0.05) is 6.20 Å². The standard InChI is InChI=1S/C18H28N2O8/c1-17(2,3)27-15(23)19-9-12(14(22)26-8)20(10-11(19)13(21)25-7)16(24)28-18(4,5)6/h9,11H,10H2,1-8H3. The summed E-state index contributed by atoms with van der Waals surface area (Å²) >= 11 is 0. The Morgan fingerprint density at radius 3 is 1.82 bits per heavy atom. The summed E-state index contributed by atoms with van der Waals surface area (Å²) in [5.41, 5.74) is -1.97. The van der Waals surface area contributed by atoms with Crippen molar-refractivity contribution >= 4 is 24.1 Å². The highest BCUT2D eigenvalue weighted by Gasteiger charge is 2.43. The van der Waals surface area contributed by atoms with Crippen LogP contribution in [0.4, 0.5) is 9.59 Å². The van der Waals surface area contributed by atoms with E-state index >= 15 is 0 Å². The maximum Gasteiger partial charge on any atom is 0.415 e. The number of rotatable bonds is 2. The van der Waals surface area contributed by atoms with E-state index in [0.717, 1.165) is 30.2 Å². The summed E-state index contributed by atoms with van der Waals surface area (Å²) in [7, 11) is 2.27. The van der Waals surface area contributed by atoms with Gasteiger partial charge >= 0.3 is 24.1 Å². The van der Waals surface area contributed by atoms with Gasteiger partial charge in [-0.3, -0.25) is 9.80 Å². The van der Waals surface area contributed by atoms with Crippen LogP contribution in [0.3, 0.4) is 0 Å². The van der Waals surface area contributed by atoms with Crippen LogP contribution in [0.15, 0.2) is 11.9 Å². The van der Waals surface area contributed by atoms with E-state index in [1.54, 1.807) is 41.5 Å². The molecule has 0 spiro atoms. The third kappa shape index (κ3) is 6.14. The molecule has 0 saturated heterocycles. The molecule has 0 saturated carbocycles. The zero-order valence-electron chi connectivity index (χ0n) is 17.5. The lowest BCUT2D eigenvalue weighted by Gasteiger charge is -2.38. The maximum absolute atomic E-state index is 12.6. The fourth-order valence-electron chi connectivity index (χ4n) is 2.23. The minimum atomic E-state index is -1.24. The number of hydrogen-bond donors (Lipinski definition) is 0. The van der Waals surface area contributed by atoms with Gasteiger partial charge in [0.05, 0.1) is 20.8 Å². The normalized spacial score (nSPS) is 17.4. The zero-order valence-corrected chi connectivity index (χ0v) is 17.5. The van der Waals surface area contributed by atoms with Crippen LogP contribution in [0.1, 0.15) is 41.5 Å². The molecule has 28 heavy (non-hydrogen) atoms. The molecule has 0 aromatic carbocycles. The fourth-order valence-corrected chi connectivity index (χ4v) is 2.23. The molecule has 1 atom stereocenters. The average Bonchev–Trinajstić information content (AvgIpc) is 2.56. The number of carbonyl (C=O) groups excluding carboxylic acids is 4. The molecular weight excluding hydrogens is 372 g/mol. The largest absolute Gasteiger partial charge is 0.467 e. The molecule has 1 unspecified atom stereocenters. The minimum absolute atomic E-state index is 0.275. The highest BCUT2D eigenvalue weighted by atomic mass is 16.6. The summed E-state index contributed by atoms with van der Waals surface area (Å²) in [6, 6.07) is -1.24. The van der Waals surface area contributed by atoms with E-state index in [2.05, 4.69) is 0 Å². The van der Waals surface area contributed by atoms with Gasteiger partial charge in [-0.15, -0.1) is 0 Å². The van der Waals surface area contributed by atoms with Gasteiger partial charge in [0.2, 0.25) is 0 Å². The lowest BCUT2D eigenvalue weighted by Crippen LogP contribution is -2.56. The Morgan fingerprint density at radius 2 is 1.39 bits per heavy atom. The van der Waals surface area contributed by atoms with Crippen LogP contribution in [-0.4, -0.2) is 71.9 Å². The Hall–Kier alpha value is -2.78. The lowest BCUT2D eigenvalue weighted by molar-refractivity contribution is -0.148. The molecule has 0 aliphatic carbocycles. The van der Waals surface area contributed by atoms with Crippen molar-refractivity contribution in [1.82, 2.24) is 9.80 Å². The van der Waals surface area contributed by atoms with Crippen LogP contribution in [0.25, 0.3) is 0 Å². The van der Waals surface area contributed by atoms with Crippen LogP contribution in [-0.2, 0) is 28.5 Å². The van der Waals surface area contributed by atoms with Gasteiger partial charge in [-0.05, 0) is 41.5 Å². The Bertz CT molecular complexity index is 672. The van der Waals surface area contributed by atoms with Crippen LogP contribution in [0.2, 0.25) is 0 Å². The van der Waals surface area contributed by atoms with Crippen molar-refractivity contribution in [3.05, 3.63) is 11.9 Å². The molecule has 1 aliphatic heterocycles. The first-order valence-electron chi connectivity index (χ1n) is 8.60. The van der Waals surface area contributed by atoms with E-state index in [4.69, 9.17) is 18.9 Å². The smallest absolute Gasteiger partial charge is 0.415 e. The predicted molar refractivity (Wildman–Crippen MR) is 96.9 cm³/mol. The van der Waals surface area contributed by atoms with Crippen molar-refractivity contribution < 1.29 is 38.1 Å². The number of nitrogens with zero attached hydrogens (tertiary/aromatic N) is 2. The van der Waals surface area contributed by atoms with Crippen molar-refractivity contribution in [2.75, 3.05) is 20.8 Å². The number of methoxy groups -OCH3 is 2. The van der Waals surface area contributed by atoms with Crippen molar-refractivity contribution in [1.29, 1.82) is 0 Å². The van der Waals surface area contributed by atoms with Crippen LogP contribution in [0.5, 0.6) is 0 Å². The lowest BCUT2D eigenvalue weighted by atomic mass is 10.1. The van der Waals surface area contributed by atoms with E-state index in [1.165, 1.54) is 0 Å². The molecule has 1 aliphatic rings. The highest BCUT2D eigenvalue weighted by molar-refractivity contribution is 5.94. The summed E-state index contributed by atoms with van der Waals surface area (Å²) in [5.74, 6) is -1.68. The Morgan fingerprint density at radius 1 is 0.893 bits per heavy atom.